The molecule has 1 aromatic heterocycles. The first-order chi connectivity index (χ1) is 27.0. The largest absolute Gasteiger partial charge is 0.392 e. The molecule has 6 aromatic rings. The summed E-state index contributed by atoms with van der Waals surface area (Å²) in [6, 6.07) is 42.9. The second kappa shape index (κ2) is 17.0. The highest BCUT2D eigenvalue weighted by Gasteiger charge is 2.39. The van der Waals surface area contributed by atoms with Gasteiger partial charge in [0.15, 0.2) is 6.29 Å². The SMILES string of the molecule is C[C@H]1[C@@H](CN2CCN(Cc3ccccc3)CC2)O[C@@H](c2cccc(-c3cccc(CNC(=O)c4cnc5ccccc5n4)c3)c2)O[C@H]1c1ccc(CO)cc1. The van der Waals surface area contributed by atoms with Crippen LogP contribution in [0.4, 0.5) is 0 Å². The Labute approximate surface area is 322 Å². The summed E-state index contributed by atoms with van der Waals surface area (Å²) in [6.07, 6.45) is 0.722. The van der Waals surface area contributed by atoms with Crippen molar-refractivity contribution in [2.75, 3.05) is 32.7 Å². The van der Waals surface area contributed by atoms with E-state index in [-0.39, 0.29) is 36.3 Å². The van der Waals surface area contributed by atoms with Gasteiger partial charge in [0, 0.05) is 57.3 Å². The first-order valence-corrected chi connectivity index (χ1v) is 19.2. The van der Waals surface area contributed by atoms with E-state index >= 15 is 0 Å². The van der Waals surface area contributed by atoms with E-state index in [1.165, 1.54) is 11.8 Å². The number of nitrogens with zero attached hydrogens (tertiary/aromatic N) is 4. The van der Waals surface area contributed by atoms with Crippen LogP contribution in [0, 0.1) is 5.92 Å². The molecule has 0 radical (unpaired) electrons. The predicted octanol–water partition coefficient (Wildman–Crippen LogP) is 7.33. The molecule has 1 amide bonds. The highest BCUT2D eigenvalue weighted by molar-refractivity contribution is 5.93. The van der Waals surface area contributed by atoms with Gasteiger partial charge in [0.05, 0.1) is 36.0 Å². The molecule has 2 aliphatic heterocycles. The highest BCUT2D eigenvalue weighted by Crippen LogP contribution is 2.42. The number of aliphatic hydroxyl groups is 1. The molecule has 2 fully saturated rings. The predicted molar refractivity (Wildman–Crippen MR) is 214 cm³/mol. The quantitative estimate of drug-likeness (QED) is 0.143. The third-order valence-electron chi connectivity index (χ3n) is 10.8. The number of aliphatic hydroxyl groups excluding tert-OH is 1. The number of nitrogens with one attached hydrogen (secondary N) is 1. The summed E-state index contributed by atoms with van der Waals surface area (Å²) in [5.41, 5.74) is 9.02. The van der Waals surface area contributed by atoms with Crippen molar-refractivity contribution >= 4 is 16.9 Å². The molecule has 0 spiro atoms. The fourth-order valence-corrected chi connectivity index (χ4v) is 7.62. The van der Waals surface area contributed by atoms with Crippen LogP contribution in [0.15, 0.2) is 134 Å². The number of rotatable bonds is 11. The third-order valence-corrected chi connectivity index (χ3v) is 10.8. The molecular weight excluding hydrogens is 687 g/mol. The summed E-state index contributed by atoms with van der Waals surface area (Å²) in [5.74, 6) is -0.162. The number of hydrogen-bond donors (Lipinski definition) is 2. The van der Waals surface area contributed by atoms with Crippen molar-refractivity contribution in [1.82, 2.24) is 25.1 Å². The first-order valence-electron chi connectivity index (χ1n) is 19.2. The zero-order valence-corrected chi connectivity index (χ0v) is 31.1. The Balaban J connectivity index is 0.969. The molecular formula is C46H47N5O4. The minimum absolute atomic E-state index is 0.00543. The van der Waals surface area contributed by atoms with Gasteiger partial charge in [0.25, 0.3) is 5.91 Å². The van der Waals surface area contributed by atoms with Crippen LogP contribution in [0.25, 0.3) is 22.2 Å². The maximum absolute atomic E-state index is 13.0. The zero-order valence-electron chi connectivity index (χ0n) is 31.1. The Morgan fingerprint density at radius 1 is 0.727 bits per heavy atom. The number of carbonyl (C=O) groups is 1. The number of piperazine rings is 1. The van der Waals surface area contributed by atoms with E-state index in [1.54, 1.807) is 0 Å². The lowest BCUT2D eigenvalue weighted by Crippen LogP contribution is -2.51. The fraction of sp³-hybridized carbons (Fsp3) is 0.283. The molecule has 0 unspecified atom stereocenters. The molecule has 0 bridgehead atoms. The third kappa shape index (κ3) is 8.83. The molecule has 8 rings (SSSR count). The average Bonchev–Trinajstić information content (AvgIpc) is 3.24. The second-order valence-corrected chi connectivity index (χ2v) is 14.6. The molecule has 280 valence electrons. The van der Waals surface area contributed by atoms with Crippen molar-refractivity contribution < 1.29 is 19.4 Å². The molecule has 0 saturated carbocycles. The van der Waals surface area contributed by atoms with Crippen LogP contribution in [-0.2, 0) is 29.2 Å². The highest BCUT2D eigenvalue weighted by atomic mass is 16.7. The van der Waals surface area contributed by atoms with Crippen molar-refractivity contribution in [2.24, 2.45) is 5.92 Å². The van der Waals surface area contributed by atoms with Crippen LogP contribution in [0.3, 0.4) is 0 Å². The lowest BCUT2D eigenvalue weighted by molar-refractivity contribution is -0.276. The number of hydrogen-bond acceptors (Lipinski definition) is 8. The Hall–Kier alpha value is -5.29. The number of ether oxygens (including phenoxy) is 2. The van der Waals surface area contributed by atoms with E-state index in [0.717, 1.165) is 78.2 Å². The van der Waals surface area contributed by atoms with Crippen LogP contribution >= 0.6 is 0 Å². The molecule has 5 aromatic carbocycles. The molecule has 9 nitrogen and oxygen atoms in total. The van der Waals surface area contributed by atoms with Gasteiger partial charge >= 0.3 is 0 Å². The van der Waals surface area contributed by atoms with Gasteiger partial charge in [-0.1, -0.05) is 110 Å². The molecule has 9 heteroatoms. The van der Waals surface area contributed by atoms with Crippen molar-refractivity contribution in [2.45, 2.75) is 45.1 Å². The van der Waals surface area contributed by atoms with Gasteiger partial charge in [-0.25, -0.2) is 4.98 Å². The Morgan fingerprint density at radius 2 is 1.42 bits per heavy atom. The Bertz CT molecular complexity index is 2210. The molecule has 2 N–H and O–H groups in total. The van der Waals surface area contributed by atoms with E-state index in [9.17, 15) is 9.90 Å². The standard InChI is InChI=1S/C46H47N5O4/c1-32-43(30-51-23-21-50(22-24-51)29-33-9-3-2-4-10-33)54-46(55-44(32)36-19-17-34(31-52)18-20-36)39-14-8-13-38(26-39)37-12-7-11-35(25-37)27-48-45(53)42-28-47-40-15-5-6-16-41(40)49-42/h2-20,25-26,28,32,43-44,46,52H,21-24,27,29-31H2,1H3,(H,48,53)/t32-,43+,44+,46+/m0/s1. The first kappa shape index (κ1) is 36.7. The fourth-order valence-electron chi connectivity index (χ4n) is 7.62. The summed E-state index contributed by atoms with van der Waals surface area (Å²) >= 11 is 0. The Kier molecular flexibility index (Phi) is 11.3. The van der Waals surface area contributed by atoms with E-state index in [0.29, 0.717) is 12.1 Å². The Morgan fingerprint density at radius 3 is 2.20 bits per heavy atom. The lowest BCUT2D eigenvalue weighted by atomic mass is 9.89. The molecule has 4 atom stereocenters. The number of amides is 1. The topological polar surface area (TPSA) is 100 Å². The van der Waals surface area contributed by atoms with Crippen LogP contribution in [0.2, 0.25) is 0 Å². The van der Waals surface area contributed by atoms with Crippen molar-refractivity contribution in [3.8, 4) is 11.1 Å². The van der Waals surface area contributed by atoms with Gasteiger partial charge in [-0.3, -0.25) is 19.6 Å². The van der Waals surface area contributed by atoms with Crippen molar-refractivity contribution in [1.29, 1.82) is 0 Å². The number of aromatic nitrogens is 2. The van der Waals surface area contributed by atoms with Gasteiger partial charge in [-0.05, 0) is 57.6 Å². The number of carbonyl (C=O) groups excluding carboxylic acids is 1. The maximum atomic E-state index is 13.0. The second-order valence-electron chi connectivity index (χ2n) is 14.6. The zero-order chi connectivity index (χ0) is 37.6. The minimum Gasteiger partial charge on any atom is -0.392 e. The summed E-state index contributed by atoms with van der Waals surface area (Å²) in [6.45, 7) is 8.40. The monoisotopic (exact) mass is 733 g/mol. The molecule has 55 heavy (non-hydrogen) atoms. The molecule has 3 heterocycles. The van der Waals surface area contributed by atoms with Gasteiger partial charge in [0.2, 0.25) is 0 Å². The minimum atomic E-state index is -0.562. The van der Waals surface area contributed by atoms with E-state index in [1.807, 2.05) is 54.6 Å². The van der Waals surface area contributed by atoms with E-state index in [2.05, 4.69) is 105 Å². The van der Waals surface area contributed by atoms with Crippen LogP contribution in [0.1, 0.15) is 57.6 Å². The number of benzene rings is 5. The number of para-hydroxylation sites is 2. The van der Waals surface area contributed by atoms with E-state index in [4.69, 9.17) is 9.47 Å². The smallest absolute Gasteiger partial charge is 0.271 e. The summed E-state index contributed by atoms with van der Waals surface area (Å²) in [4.78, 5) is 26.9. The average molecular weight is 734 g/mol. The lowest BCUT2D eigenvalue weighted by Gasteiger charge is -2.44. The van der Waals surface area contributed by atoms with Gasteiger partial charge in [0.1, 0.15) is 5.69 Å². The van der Waals surface area contributed by atoms with Gasteiger partial charge < -0.3 is 19.9 Å². The van der Waals surface area contributed by atoms with Crippen LogP contribution in [0.5, 0.6) is 0 Å². The van der Waals surface area contributed by atoms with Gasteiger partial charge in [-0.15, -0.1) is 0 Å². The number of fused-ring (bicyclic) bond motifs is 1. The van der Waals surface area contributed by atoms with Crippen molar-refractivity contribution in [3.05, 3.63) is 167 Å². The molecule has 2 aliphatic rings. The summed E-state index contributed by atoms with van der Waals surface area (Å²) in [5, 5.41) is 12.7. The molecule has 2 saturated heterocycles. The summed E-state index contributed by atoms with van der Waals surface area (Å²) in [7, 11) is 0. The van der Waals surface area contributed by atoms with Crippen LogP contribution < -0.4 is 5.32 Å². The van der Waals surface area contributed by atoms with Gasteiger partial charge in [-0.2, -0.15) is 0 Å². The normalized spacial score (nSPS) is 20.7. The molecule has 0 aliphatic carbocycles. The van der Waals surface area contributed by atoms with Crippen molar-refractivity contribution in [3.63, 3.8) is 0 Å². The maximum Gasteiger partial charge on any atom is 0.271 e. The van der Waals surface area contributed by atoms with Crippen LogP contribution in [-0.4, -0.2) is 69.6 Å². The summed E-state index contributed by atoms with van der Waals surface area (Å²) < 4.78 is 13.7. The van der Waals surface area contributed by atoms with E-state index < -0.39 is 6.29 Å².